The number of hydrogen-bond donors (Lipinski definition) is 0. The molecule has 0 spiro atoms. The Morgan fingerprint density at radius 1 is 0.255 bits per heavy atom. The first-order valence-electron chi connectivity index (χ1n) is 18.5. The van der Waals surface area contributed by atoms with Crippen LogP contribution in [0.2, 0.25) is 0 Å². The highest BCUT2D eigenvalue weighted by Gasteiger charge is 2.15. The molecule has 0 fully saturated rings. The third-order valence-electron chi connectivity index (χ3n) is 10.3. The van der Waals surface area contributed by atoms with Gasteiger partial charge in [-0.1, -0.05) is 170 Å². The van der Waals surface area contributed by atoms with E-state index in [9.17, 15) is 0 Å². The van der Waals surface area contributed by atoms with Crippen LogP contribution in [0.3, 0.4) is 0 Å². The third kappa shape index (κ3) is 6.16. The Labute approximate surface area is 319 Å². The first kappa shape index (κ1) is 32.2. The smallest absolute Gasteiger partial charge is 0.164 e. The first-order chi connectivity index (χ1) is 27.2. The number of para-hydroxylation sites is 1. The van der Waals surface area contributed by atoms with Crippen molar-refractivity contribution in [2.45, 2.75) is 0 Å². The molecule has 0 aliphatic rings. The second kappa shape index (κ2) is 13.8. The number of hydrogen-bond acceptors (Lipinski definition) is 3. The van der Waals surface area contributed by atoms with Gasteiger partial charge in [-0.15, -0.1) is 0 Å². The summed E-state index contributed by atoms with van der Waals surface area (Å²) in [5, 5.41) is 2.49. The molecule has 10 aromatic rings. The Bertz CT molecular complexity index is 2930. The molecule has 0 saturated carbocycles. The van der Waals surface area contributed by atoms with Crippen LogP contribution in [0.5, 0.6) is 0 Å². The molecule has 0 bridgehead atoms. The van der Waals surface area contributed by atoms with Gasteiger partial charge in [0.15, 0.2) is 17.5 Å². The second-order valence-corrected chi connectivity index (χ2v) is 13.7. The van der Waals surface area contributed by atoms with Crippen molar-refractivity contribution < 1.29 is 0 Å². The molecule has 0 radical (unpaired) electrons. The minimum absolute atomic E-state index is 0.637. The lowest BCUT2D eigenvalue weighted by molar-refractivity contribution is 1.07. The Morgan fingerprint density at radius 3 is 1.29 bits per heavy atom. The average Bonchev–Trinajstić information content (AvgIpc) is 3.61. The highest BCUT2D eigenvalue weighted by molar-refractivity contribution is 6.10. The van der Waals surface area contributed by atoms with E-state index in [4.69, 9.17) is 15.0 Å². The van der Waals surface area contributed by atoms with Gasteiger partial charge < -0.3 is 4.57 Å². The predicted octanol–water partition coefficient (Wildman–Crippen LogP) is 13.0. The van der Waals surface area contributed by atoms with Crippen LogP contribution in [0.4, 0.5) is 0 Å². The number of fused-ring (bicyclic) bond motifs is 3. The maximum Gasteiger partial charge on any atom is 0.164 e. The maximum absolute atomic E-state index is 5.02. The molecular weight excluding hydrogens is 669 g/mol. The van der Waals surface area contributed by atoms with E-state index < -0.39 is 0 Å². The molecule has 258 valence electrons. The quantitative estimate of drug-likeness (QED) is 0.166. The molecule has 0 amide bonds. The average molecular weight is 703 g/mol. The Morgan fingerprint density at radius 2 is 0.655 bits per heavy atom. The molecule has 4 heteroatoms. The van der Waals surface area contributed by atoms with Crippen LogP contribution >= 0.6 is 0 Å². The van der Waals surface area contributed by atoms with E-state index in [0.717, 1.165) is 44.6 Å². The van der Waals surface area contributed by atoms with Crippen LogP contribution in [-0.2, 0) is 0 Å². The van der Waals surface area contributed by atoms with Crippen LogP contribution in [-0.4, -0.2) is 19.5 Å². The Kier molecular flexibility index (Phi) is 8.12. The summed E-state index contributed by atoms with van der Waals surface area (Å²) in [4.78, 5) is 15.0. The fraction of sp³-hybridized carbons (Fsp3) is 0. The molecule has 2 heterocycles. The molecule has 0 aliphatic carbocycles. The van der Waals surface area contributed by atoms with Gasteiger partial charge in [-0.3, -0.25) is 0 Å². The lowest BCUT2D eigenvalue weighted by atomic mass is 10.0. The SMILES string of the molecule is c1ccc(-c2cccc(-c3nc(-c4ccccc4)nc(-c4ccc(-c5ccc(-n6c7ccccc7c7cc(-c8ccccc8)ccc76)cc5)cc4)n3)c2)cc1. The van der Waals surface area contributed by atoms with Crippen molar-refractivity contribution in [3.8, 4) is 73.2 Å². The largest absolute Gasteiger partial charge is 0.309 e. The maximum atomic E-state index is 5.02. The summed E-state index contributed by atoms with van der Waals surface area (Å²) >= 11 is 0. The monoisotopic (exact) mass is 702 g/mol. The minimum Gasteiger partial charge on any atom is -0.309 e. The van der Waals surface area contributed by atoms with Crippen molar-refractivity contribution in [2.24, 2.45) is 0 Å². The van der Waals surface area contributed by atoms with E-state index >= 15 is 0 Å². The van der Waals surface area contributed by atoms with E-state index in [2.05, 4.69) is 174 Å². The predicted molar refractivity (Wildman–Crippen MR) is 227 cm³/mol. The molecular formula is C51H34N4. The Hall–Kier alpha value is -7.43. The number of aromatic nitrogens is 4. The zero-order chi connectivity index (χ0) is 36.6. The number of benzene rings is 8. The molecule has 0 atom stereocenters. The van der Waals surface area contributed by atoms with Crippen LogP contribution in [0.15, 0.2) is 206 Å². The topological polar surface area (TPSA) is 43.6 Å². The summed E-state index contributed by atoms with van der Waals surface area (Å²) in [6, 6.07) is 72.3. The van der Waals surface area contributed by atoms with E-state index in [1.54, 1.807) is 0 Å². The molecule has 8 aromatic carbocycles. The van der Waals surface area contributed by atoms with Crippen molar-refractivity contribution >= 4 is 21.8 Å². The van der Waals surface area contributed by atoms with Gasteiger partial charge in [0.1, 0.15) is 0 Å². The van der Waals surface area contributed by atoms with Gasteiger partial charge in [0, 0.05) is 33.2 Å². The number of rotatable bonds is 7. The van der Waals surface area contributed by atoms with E-state index in [0.29, 0.717) is 17.5 Å². The molecule has 4 nitrogen and oxygen atoms in total. The van der Waals surface area contributed by atoms with Crippen molar-refractivity contribution in [3.63, 3.8) is 0 Å². The zero-order valence-corrected chi connectivity index (χ0v) is 29.9. The standard InChI is InChI=1S/C51H34N4/c1-4-13-35(14-5-1)41-19-12-20-43(33-41)51-53-49(39-17-8-3-9-18-39)52-50(54-51)40-25-23-37(24-26-40)38-27-30-44(31-28-38)55-47-22-11-10-21-45(47)46-34-42(29-32-48(46)55)36-15-6-2-7-16-36/h1-34H. The molecule has 55 heavy (non-hydrogen) atoms. The molecule has 0 unspecified atom stereocenters. The molecule has 2 aromatic heterocycles. The highest BCUT2D eigenvalue weighted by atomic mass is 15.0. The summed E-state index contributed by atoms with van der Waals surface area (Å²) in [5.41, 5.74) is 13.3. The van der Waals surface area contributed by atoms with Crippen LogP contribution in [0.1, 0.15) is 0 Å². The van der Waals surface area contributed by atoms with E-state index in [1.165, 1.54) is 32.9 Å². The number of nitrogens with zero attached hydrogens (tertiary/aromatic N) is 4. The molecule has 0 aliphatic heterocycles. The van der Waals surface area contributed by atoms with Gasteiger partial charge in [0.2, 0.25) is 0 Å². The fourth-order valence-corrected chi connectivity index (χ4v) is 7.49. The van der Waals surface area contributed by atoms with Gasteiger partial charge in [-0.2, -0.15) is 0 Å². The lowest BCUT2D eigenvalue weighted by Crippen LogP contribution is -2.00. The molecule has 0 N–H and O–H groups in total. The lowest BCUT2D eigenvalue weighted by Gasteiger charge is -2.11. The highest BCUT2D eigenvalue weighted by Crippen LogP contribution is 2.36. The van der Waals surface area contributed by atoms with Crippen molar-refractivity contribution in [2.75, 3.05) is 0 Å². The normalized spacial score (nSPS) is 11.3. The van der Waals surface area contributed by atoms with Crippen molar-refractivity contribution in [1.29, 1.82) is 0 Å². The van der Waals surface area contributed by atoms with E-state index in [1.807, 2.05) is 36.4 Å². The second-order valence-electron chi connectivity index (χ2n) is 13.7. The molecule has 10 rings (SSSR count). The van der Waals surface area contributed by atoms with Gasteiger partial charge in [-0.05, 0) is 69.8 Å². The zero-order valence-electron chi connectivity index (χ0n) is 29.9. The summed E-state index contributed by atoms with van der Waals surface area (Å²) in [5.74, 6) is 1.92. The molecule has 0 saturated heterocycles. The van der Waals surface area contributed by atoms with E-state index in [-0.39, 0.29) is 0 Å². The summed E-state index contributed by atoms with van der Waals surface area (Å²) < 4.78 is 2.37. The minimum atomic E-state index is 0.637. The van der Waals surface area contributed by atoms with Crippen LogP contribution < -0.4 is 0 Å². The van der Waals surface area contributed by atoms with Crippen LogP contribution in [0, 0.1) is 0 Å². The van der Waals surface area contributed by atoms with Crippen LogP contribution in [0.25, 0.3) is 95.0 Å². The summed E-state index contributed by atoms with van der Waals surface area (Å²) in [6.45, 7) is 0. The van der Waals surface area contributed by atoms with Crippen molar-refractivity contribution in [3.05, 3.63) is 206 Å². The van der Waals surface area contributed by atoms with Gasteiger partial charge in [0.05, 0.1) is 11.0 Å². The van der Waals surface area contributed by atoms with Gasteiger partial charge in [0.25, 0.3) is 0 Å². The fourth-order valence-electron chi connectivity index (χ4n) is 7.49. The van der Waals surface area contributed by atoms with Gasteiger partial charge in [-0.25, -0.2) is 15.0 Å². The summed E-state index contributed by atoms with van der Waals surface area (Å²) in [6.07, 6.45) is 0. The summed E-state index contributed by atoms with van der Waals surface area (Å²) in [7, 11) is 0. The van der Waals surface area contributed by atoms with Gasteiger partial charge >= 0.3 is 0 Å². The third-order valence-corrected chi connectivity index (χ3v) is 10.3. The first-order valence-corrected chi connectivity index (χ1v) is 18.5. The van der Waals surface area contributed by atoms with Crippen molar-refractivity contribution in [1.82, 2.24) is 19.5 Å². The Balaban J connectivity index is 0.987.